The minimum absolute atomic E-state index is 0.0409. The maximum atomic E-state index is 13.0. The van der Waals surface area contributed by atoms with Crippen LogP contribution < -0.4 is 4.72 Å². The average Bonchev–Trinajstić information content (AvgIpc) is 2.88. The van der Waals surface area contributed by atoms with E-state index in [0.29, 0.717) is 31.1 Å². The predicted octanol–water partition coefficient (Wildman–Crippen LogP) is 1.70. The Balaban J connectivity index is 1.85. The van der Waals surface area contributed by atoms with Crippen LogP contribution in [0.1, 0.15) is 28.6 Å². The van der Waals surface area contributed by atoms with Crippen LogP contribution in [0, 0.1) is 20.8 Å². The van der Waals surface area contributed by atoms with Crippen molar-refractivity contribution >= 4 is 10.0 Å². The highest BCUT2D eigenvalue weighted by atomic mass is 32.2. The van der Waals surface area contributed by atoms with Crippen LogP contribution in [0.25, 0.3) is 0 Å². The lowest BCUT2D eigenvalue weighted by Crippen LogP contribution is -2.43. The standard InChI is InChI=1S/C19H28N4O3S/c1-14-6-5-7-17(12-14)18(23-8-10-26-11-9-23)13-20-27(24,25)19-15(2)21-22(4)16(19)3/h5-7,12,18,20H,8-11,13H2,1-4H3. The SMILES string of the molecule is Cc1cccc(C(CNS(=O)(=O)c2c(C)nn(C)c2C)N2CCOCC2)c1. The predicted molar refractivity (Wildman–Crippen MR) is 104 cm³/mol. The zero-order valence-corrected chi connectivity index (χ0v) is 17.2. The summed E-state index contributed by atoms with van der Waals surface area (Å²) >= 11 is 0. The van der Waals surface area contributed by atoms with Gasteiger partial charge >= 0.3 is 0 Å². The summed E-state index contributed by atoms with van der Waals surface area (Å²) in [5.41, 5.74) is 3.42. The zero-order chi connectivity index (χ0) is 19.6. The van der Waals surface area contributed by atoms with Crippen LogP contribution in [0.2, 0.25) is 0 Å². The van der Waals surface area contributed by atoms with Crippen LogP contribution in [0.5, 0.6) is 0 Å². The molecule has 1 aromatic carbocycles. The highest BCUT2D eigenvalue weighted by molar-refractivity contribution is 7.89. The van der Waals surface area contributed by atoms with Crippen molar-refractivity contribution in [1.82, 2.24) is 19.4 Å². The molecule has 3 rings (SSSR count). The first kappa shape index (κ1) is 20.0. The number of rotatable bonds is 6. The Morgan fingerprint density at radius 2 is 1.93 bits per heavy atom. The lowest BCUT2D eigenvalue weighted by Gasteiger charge is -2.35. The molecule has 0 spiro atoms. The molecule has 0 amide bonds. The van der Waals surface area contributed by atoms with Gasteiger partial charge in [-0.1, -0.05) is 29.8 Å². The molecular weight excluding hydrogens is 364 g/mol. The number of aryl methyl sites for hydroxylation is 3. The first-order valence-electron chi connectivity index (χ1n) is 9.18. The third-order valence-electron chi connectivity index (χ3n) is 5.09. The summed E-state index contributed by atoms with van der Waals surface area (Å²) in [6.07, 6.45) is 0. The first-order chi connectivity index (χ1) is 12.8. The number of sulfonamides is 1. The van der Waals surface area contributed by atoms with Crippen LogP contribution in [0.3, 0.4) is 0 Å². The van der Waals surface area contributed by atoms with Crippen molar-refractivity contribution in [3.8, 4) is 0 Å². The van der Waals surface area contributed by atoms with E-state index in [1.54, 1.807) is 25.6 Å². The molecule has 1 aliphatic heterocycles. The second-order valence-electron chi connectivity index (χ2n) is 7.05. The summed E-state index contributed by atoms with van der Waals surface area (Å²) in [5, 5.41) is 4.23. The smallest absolute Gasteiger partial charge is 0.244 e. The van der Waals surface area contributed by atoms with Gasteiger partial charge in [-0.25, -0.2) is 13.1 Å². The molecule has 1 unspecified atom stereocenters. The van der Waals surface area contributed by atoms with Crippen LogP contribution in [0.4, 0.5) is 0 Å². The number of aromatic nitrogens is 2. The Morgan fingerprint density at radius 3 is 2.52 bits per heavy atom. The van der Waals surface area contributed by atoms with Gasteiger partial charge in [-0.3, -0.25) is 9.58 Å². The lowest BCUT2D eigenvalue weighted by atomic mass is 10.0. The number of hydrogen-bond acceptors (Lipinski definition) is 5. The van der Waals surface area contributed by atoms with Gasteiger partial charge in [-0.2, -0.15) is 5.10 Å². The van der Waals surface area contributed by atoms with E-state index in [1.165, 1.54) is 0 Å². The topological polar surface area (TPSA) is 76.5 Å². The quantitative estimate of drug-likeness (QED) is 0.810. The molecule has 0 aliphatic carbocycles. The molecule has 0 saturated carbocycles. The van der Waals surface area contributed by atoms with Crippen molar-refractivity contribution in [3.05, 3.63) is 46.8 Å². The minimum Gasteiger partial charge on any atom is -0.379 e. The number of benzene rings is 1. The summed E-state index contributed by atoms with van der Waals surface area (Å²) in [4.78, 5) is 2.55. The lowest BCUT2D eigenvalue weighted by molar-refractivity contribution is 0.0172. The molecule has 1 aliphatic rings. The van der Waals surface area contributed by atoms with E-state index in [1.807, 2.05) is 19.1 Å². The molecule has 1 saturated heterocycles. The van der Waals surface area contributed by atoms with E-state index in [0.717, 1.165) is 24.2 Å². The van der Waals surface area contributed by atoms with E-state index >= 15 is 0 Å². The summed E-state index contributed by atoms with van der Waals surface area (Å²) < 4.78 is 35.8. The summed E-state index contributed by atoms with van der Waals surface area (Å²) in [7, 11) is -1.89. The van der Waals surface area contributed by atoms with Crippen LogP contribution in [-0.2, 0) is 21.8 Å². The van der Waals surface area contributed by atoms with Crippen LogP contribution in [-0.4, -0.2) is 55.9 Å². The van der Waals surface area contributed by atoms with Crippen LogP contribution >= 0.6 is 0 Å². The number of nitrogens with zero attached hydrogens (tertiary/aromatic N) is 3. The molecule has 1 atom stereocenters. The van der Waals surface area contributed by atoms with Gasteiger partial charge in [-0.15, -0.1) is 0 Å². The molecule has 0 radical (unpaired) electrons. The Kier molecular flexibility index (Phi) is 6.00. The maximum absolute atomic E-state index is 13.0. The van der Waals surface area contributed by atoms with E-state index in [2.05, 4.69) is 26.9 Å². The highest BCUT2D eigenvalue weighted by Crippen LogP contribution is 2.24. The largest absolute Gasteiger partial charge is 0.379 e. The summed E-state index contributed by atoms with van der Waals surface area (Å²) in [6.45, 7) is 8.74. The van der Waals surface area contributed by atoms with Gasteiger partial charge in [-0.05, 0) is 26.3 Å². The molecule has 0 bridgehead atoms. The molecule has 1 fully saturated rings. The summed E-state index contributed by atoms with van der Waals surface area (Å²) in [6, 6.07) is 8.20. The highest BCUT2D eigenvalue weighted by Gasteiger charge is 2.28. The fourth-order valence-corrected chi connectivity index (χ4v) is 5.10. The number of nitrogens with one attached hydrogen (secondary N) is 1. The van der Waals surface area contributed by atoms with Gasteiger partial charge in [0.05, 0.1) is 24.6 Å². The maximum Gasteiger partial charge on any atom is 0.244 e. The molecular formula is C19H28N4O3S. The molecule has 1 N–H and O–H groups in total. The molecule has 8 heteroatoms. The Hall–Kier alpha value is -1.74. The van der Waals surface area contributed by atoms with Crippen molar-refractivity contribution in [2.75, 3.05) is 32.8 Å². The first-order valence-corrected chi connectivity index (χ1v) is 10.7. The van der Waals surface area contributed by atoms with E-state index < -0.39 is 10.0 Å². The van der Waals surface area contributed by atoms with Crippen molar-refractivity contribution < 1.29 is 13.2 Å². The molecule has 7 nitrogen and oxygen atoms in total. The van der Waals surface area contributed by atoms with E-state index in [4.69, 9.17) is 4.74 Å². The second kappa shape index (κ2) is 8.10. The number of ether oxygens (including phenoxy) is 1. The fraction of sp³-hybridized carbons (Fsp3) is 0.526. The Bertz CT molecular complexity index is 902. The number of morpholine rings is 1. The third-order valence-corrected chi connectivity index (χ3v) is 6.77. The van der Waals surface area contributed by atoms with Gasteiger partial charge < -0.3 is 4.74 Å². The van der Waals surface area contributed by atoms with Gasteiger partial charge in [0.25, 0.3) is 0 Å². The number of hydrogen-bond donors (Lipinski definition) is 1. The molecule has 2 aromatic rings. The fourth-order valence-electron chi connectivity index (χ4n) is 3.63. The Morgan fingerprint density at radius 1 is 1.22 bits per heavy atom. The molecule has 27 heavy (non-hydrogen) atoms. The van der Waals surface area contributed by atoms with Gasteiger partial charge in [0.2, 0.25) is 10.0 Å². The molecule has 1 aromatic heterocycles. The van der Waals surface area contributed by atoms with Crippen molar-refractivity contribution in [2.45, 2.75) is 31.7 Å². The van der Waals surface area contributed by atoms with Gasteiger partial charge in [0.1, 0.15) is 4.90 Å². The third kappa shape index (κ3) is 4.40. The minimum atomic E-state index is -3.64. The van der Waals surface area contributed by atoms with Gasteiger partial charge in [0, 0.05) is 32.7 Å². The Labute approximate surface area is 161 Å². The second-order valence-corrected chi connectivity index (χ2v) is 8.76. The van der Waals surface area contributed by atoms with Crippen molar-refractivity contribution in [2.24, 2.45) is 7.05 Å². The van der Waals surface area contributed by atoms with Crippen molar-refractivity contribution in [1.29, 1.82) is 0 Å². The van der Waals surface area contributed by atoms with Crippen molar-refractivity contribution in [3.63, 3.8) is 0 Å². The summed E-state index contributed by atoms with van der Waals surface area (Å²) in [5.74, 6) is 0. The average molecular weight is 393 g/mol. The van der Waals surface area contributed by atoms with Crippen LogP contribution in [0.15, 0.2) is 29.2 Å². The zero-order valence-electron chi connectivity index (χ0n) is 16.4. The molecule has 148 valence electrons. The van der Waals surface area contributed by atoms with E-state index in [-0.39, 0.29) is 10.9 Å². The van der Waals surface area contributed by atoms with Gasteiger partial charge in [0.15, 0.2) is 0 Å². The van der Waals surface area contributed by atoms with E-state index in [9.17, 15) is 8.42 Å². The molecule has 2 heterocycles. The normalized spacial score (nSPS) is 17.2. The monoisotopic (exact) mass is 392 g/mol.